The summed E-state index contributed by atoms with van der Waals surface area (Å²) in [6.07, 6.45) is 0.0646. The van der Waals surface area contributed by atoms with Crippen molar-refractivity contribution in [3.63, 3.8) is 0 Å². The van der Waals surface area contributed by atoms with Crippen molar-refractivity contribution >= 4 is 11.9 Å². The molecule has 1 aliphatic heterocycles. The summed E-state index contributed by atoms with van der Waals surface area (Å²) in [6.45, 7) is 0.346. The summed E-state index contributed by atoms with van der Waals surface area (Å²) in [7, 11) is 0. The standard InChI is InChI=1S/C11H11NO3/c13-10-6-9(11(14)15)12(10)7-8-4-2-1-3-5-8/h1-5,9H,6-7H2,(H,14,15)/p-1/t9-/m0/s1. The van der Waals surface area contributed by atoms with E-state index in [0.717, 1.165) is 5.56 Å². The van der Waals surface area contributed by atoms with Crippen LogP contribution in [0.4, 0.5) is 0 Å². The molecule has 78 valence electrons. The average molecular weight is 204 g/mol. The molecule has 1 atom stereocenters. The smallest absolute Gasteiger partial charge is 0.225 e. The second-order valence-corrected chi connectivity index (χ2v) is 3.55. The van der Waals surface area contributed by atoms with Crippen molar-refractivity contribution in [2.24, 2.45) is 0 Å². The molecule has 1 saturated heterocycles. The number of β-lactam (4-membered cyclic amide) rings is 1. The Hall–Kier alpha value is -1.84. The first-order chi connectivity index (χ1) is 7.18. The van der Waals surface area contributed by atoms with Crippen molar-refractivity contribution in [3.05, 3.63) is 35.9 Å². The first-order valence-electron chi connectivity index (χ1n) is 4.73. The van der Waals surface area contributed by atoms with Crippen LogP contribution in [0, 0.1) is 0 Å². The van der Waals surface area contributed by atoms with E-state index in [1.807, 2.05) is 30.3 Å². The summed E-state index contributed by atoms with van der Waals surface area (Å²) in [4.78, 5) is 23.1. The van der Waals surface area contributed by atoms with Gasteiger partial charge in [-0.1, -0.05) is 30.3 Å². The molecule has 1 aromatic rings. The number of hydrogen-bond acceptors (Lipinski definition) is 3. The van der Waals surface area contributed by atoms with Gasteiger partial charge in [0.1, 0.15) is 0 Å². The molecular formula is C11H10NO3-. The van der Waals surface area contributed by atoms with Crippen molar-refractivity contribution in [2.75, 3.05) is 0 Å². The number of likely N-dealkylation sites (tertiary alicyclic amines) is 1. The minimum Gasteiger partial charge on any atom is -0.548 e. The second kappa shape index (κ2) is 3.73. The average Bonchev–Trinajstić information content (AvgIpc) is 2.23. The van der Waals surface area contributed by atoms with Crippen LogP contribution in [0.5, 0.6) is 0 Å². The summed E-state index contributed by atoms with van der Waals surface area (Å²) in [5.74, 6) is -1.31. The molecule has 0 saturated carbocycles. The SMILES string of the molecule is O=C([O-])[C@@H]1CC(=O)N1Cc1ccccc1. The van der Waals surface area contributed by atoms with Crippen LogP contribution in [0.25, 0.3) is 0 Å². The normalized spacial score (nSPS) is 19.9. The second-order valence-electron chi connectivity index (χ2n) is 3.55. The van der Waals surface area contributed by atoms with Gasteiger partial charge < -0.3 is 14.8 Å². The van der Waals surface area contributed by atoms with E-state index >= 15 is 0 Å². The molecule has 0 unspecified atom stereocenters. The highest BCUT2D eigenvalue weighted by Crippen LogP contribution is 2.21. The lowest BCUT2D eigenvalue weighted by Crippen LogP contribution is -2.59. The molecule has 1 heterocycles. The largest absolute Gasteiger partial charge is 0.548 e. The zero-order valence-electron chi connectivity index (χ0n) is 8.05. The molecule has 1 aliphatic rings. The van der Waals surface area contributed by atoms with E-state index in [9.17, 15) is 14.7 Å². The lowest BCUT2D eigenvalue weighted by molar-refractivity contribution is -0.314. The van der Waals surface area contributed by atoms with Gasteiger partial charge in [-0.25, -0.2) is 0 Å². The van der Waals surface area contributed by atoms with Crippen LogP contribution in [0.3, 0.4) is 0 Å². The van der Waals surface area contributed by atoms with Crippen LogP contribution in [0.2, 0.25) is 0 Å². The molecular weight excluding hydrogens is 194 g/mol. The number of rotatable bonds is 3. The Balaban J connectivity index is 2.06. The maximum Gasteiger partial charge on any atom is 0.225 e. The Morgan fingerprint density at radius 1 is 1.40 bits per heavy atom. The summed E-state index contributed by atoms with van der Waals surface area (Å²) in [5.41, 5.74) is 0.928. The lowest BCUT2D eigenvalue weighted by atomic mass is 10.0. The van der Waals surface area contributed by atoms with E-state index in [0.29, 0.717) is 6.54 Å². The number of carbonyl (C=O) groups excluding carboxylic acids is 2. The van der Waals surface area contributed by atoms with Crippen LogP contribution < -0.4 is 5.11 Å². The number of carboxylic acids is 1. The van der Waals surface area contributed by atoms with E-state index in [4.69, 9.17) is 0 Å². The molecule has 0 radical (unpaired) electrons. The first kappa shape index (κ1) is 9.71. The van der Waals surface area contributed by atoms with E-state index < -0.39 is 12.0 Å². The van der Waals surface area contributed by atoms with Crippen LogP contribution in [-0.4, -0.2) is 22.8 Å². The van der Waals surface area contributed by atoms with Crippen molar-refractivity contribution in [3.8, 4) is 0 Å². The van der Waals surface area contributed by atoms with Crippen molar-refractivity contribution < 1.29 is 14.7 Å². The Morgan fingerprint density at radius 3 is 2.60 bits per heavy atom. The van der Waals surface area contributed by atoms with Crippen molar-refractivity contribution in [1.29, 1.82) is 0 Å². The summed E-state index contributed by atoms with van der Waals surface area (Å²) in [5, 5.41) is 10.6. The molecule has 2 rings (SSSR count). The predicted octanol–water partition coefficient (Wildman–Crippen LogP) is -0.463. The van der Waals surface area contributed by atoms with Crippen molar-refractivity contribution in [2.45, 2.75) is 19.0 Å². The molecule has 0 aromatic heterocycles. The number of benzene rings is 1. The molecule has 1 fully saturated rings. The fourth-order valence-electron chi connectivity index (χ4n) is 1.64. The summed E-state index contributed by atoms with van der Waals surface area (Å²) < 4.78 is 0. The van der Waals surface area contributed by atoms with Gasteiger partial charge >= 0.3 is 0 Å². The molecule has 4 nitrogen and oxygen atoms in total. The maximum absolute atomic E-state index is 11.2. The summed E-state index contributed by atoms with van der Waals surface area (Å²) >= 11 is 0. The topological polar surface area (TPSA) is 60.4 Å². The first-order valence-corrected chi connectivity index (χ1v) is 4.73. The highest BCUT2D eigenvalue weighted by atomic mass is 16.4. The predicted molar refractivity (Wildman–Crippen MR) is 50.4 cm³/mol. The molecule has 1 amide bonds. The monoisotopic (exact) mass is 204 g/mol. The van der Waals surface area contributed by atoms with Gasteiger partial charge in [0.25, 0.3) is 0 Å². The zero-order valence-corrected chi connectivity index (χ0v) is 8.05. The maximum atomic E-state index is 11.2. The number of carbonyl (C=O) groups is 2. The minimum absolute atomic E-state index is 0.0646. The van der Waals surface area contributed by atoms with E-state index in [-0.39, 0.29) is 12.3 Å². The van der Waals surface area contributed by atoms with E-state index in [1.165, 1.54) is 4.90 Å². The van der Waals surface area contributed by atoms with Crippen LogP contribution in [0.1, 0.15) is 12.0 Å². The Bertz CT molecular complexity index is 388. The fraction of sp³-hybridized carbons (Fsp3) is 0.273. The fourth-order valence-corrected chi connectivity index (χ4v) is 1.64. The number of nitrogens with zero attached hydrogens (tertiary/aromatic N) is 1. The zero-order chi connectivity index (χ0) is 10.8. The van der Waals surface area contributed by atoms with Crippen LogP contribution in [-0.2, 0) is 16.1 Å². The van der Waals surface area contributed by atoms with Crippen LogP contribution in [0.15, 0.2) is 30.3 Å². The minimum atomic E-state index is -1.18. The quantitative estimate of drug-likeness (QED) is 0.626. The van der Waals surface area contributed by atoms with E-state index in [1.54, 1.807) is 0 Å². The van der Waals surface area contributed by atoms with Crippen molar-refractivity contribution in [1.82, 2.24) is 4.90 Å². The van der Waals surface area contributed by atoms with Gasteiger partial charge in [-0.2, -0.15) is 0 Å². The number of carboxylic acid groups (broad SMARTS) is 1. The molecule has 0 bridgehead atoms. The third-order valence-corrected chi connectivity index (χ3v) is 2.53. The van der Waals surface area contributed by atoms with Gasteiger partial charge in [0.05, 0.1) is 18.4 Å². The Kier molecular flexibility index (Phi) is 2.41. The molecule has 0 N–H and O–H groups in total. The number of aliphatic carboxylic acids is 1. The molecule has 0 spiro atoms. The van der Waals surface area contributed by atoms with Gasteiger partial charge in [0.15, 0.2) is 0 Å². The molecule has 1 aromatic carbocycles. The van der Waals surface area contributed by atoms with E-state index in [2.05, 4.69) is 0 Å². The molecule has 15 heavy (non-hydrogen) atoms. The Morgan fingerprint density at radius 2 is 2.07 bits per heavy atom. The van der Waals surface area contributed by atoms with Gasteiger partial charge in [-0.15, -0.1) is 0 Å². The summed E-state index contributed by atoms with van der Waals surface area (Å²) in [6, 6.07) is 8.55. The number of amides is 1. The highest BCUT2D eigenvalue weighted by Gasteiger charge is 2.36. The third-order valence-electron chi connectivity index (χ3n) is 2.53. The van der Waals surface area contributed by atoms with Crippen LogP contribution >= 0.6 is 0 Å². The van der Waals surface area contributed by atoms with Gasteiger partial charge in [-0.3, -0.25) is 4.79 Å². The highest BCUT2D eigenvalue weighted by molar-refractivity contribution is 5.93. The third kappa shape index (κ3) is 1.83. The molecule has 4 heteroatoms. The van der Waals surface area contributed by atoms with Gasteiger partial charge in [0, 0.05) is 6.54 Å². The molecule has 0 aliphatic carbocycles. The Labute approximate surface area is 87.1 Å². The van der Waals surface area contributed by atoms with Gasteiger partial charge in [0.2, 0.25) is 5.91 Å². The lowest BCUT2D eigenvalue weighted by Gasteiger charge is -2.41. The van der Waals surface area contributed by atoms with Gasteiger partial charge in [-0.05, 0) is 5.56 Å². The number of hydrogen-bond donors (Lipinski definition) is 0.